The van der Waals surface area contributed by atoms with Crippen LogP contribution < -0.4 is 14.8 Å². The van der Waals surface area contributed by atoms with Crippen molar-refractivity contribution in [3.05, 3.63) is 29.0 Å². The highest BCUT2D eigenvalue weighted by atomic mass is 79.9. The SMILES string of the molecule is CNc1ncnc(Sc2ccc3c(c2)OCCCO3)c1Br. The third-order valence-corrected chi connectivity index (χ3v) is 4.93. The van der Waals surface area contributed by atoms with Gasteiger partial charge in [-0.15, -0.1) is 0 Å². The molecule has 0 atom stereocenters. The van der Waals surface area contributed by atoms with E-state index in [1.165, 1.54) is 0 Å². The monoisotopic (exact) mass is 367 g/mol. The van der Waals surface area contributed by atoms with Crippen LogP contribution in [0.4, 0.5) is 5.82 Å². The van der Waals surface area contributed by atoms with E-state index in [2.05, 4.69) is 31.2 Å². The summed E-state index contributed by atoms with van der Waals surface area (Å²) in [5.41, 5.74) is 0. The van der Waals surface area contributed by atoms with Crippen molar-refractivity contribution in [3.63, 3.8) is 0 Å². The number of ether oxygens (including phenoxy) is 2. The van der Waals surface area contributed by atoms with Gasteiger partial charge in [-0.2, -0.15) is 0 Å². The summed E-state index contributed by atoms with van der Waals surface area (Å²) in [5, 5.41) is 3.87. The first-order valence-corrected chi connectivity index (χ1v) is 8.14. The smallest absolute Gasteiger partial charge is 0.162 e. The Morgan fingerprint density at radius 3 is 2.81 bits per heavy atom. The first-order valence-electron chi connectivity index (χ1n) is 6.53. The van der Waals surface area contributed by atoms with E-state index in [4.69, 9.17) is 9.47 Å². The fourth-order valence-electron chi connectivity index (χ4n) is 1.92. The Kier molecular flexibility index (Phi) is 4.50. The molecule has 1 N–H and O–H groups in total. The minimum Gasteiger partial charge on any atom is -0.490 e. The number of anilines is 1. The van der Waals surface area contributed by atoms with Crippen molar-refractivity contribution in [1.29, 1.82) is 0 Å². The molecule has 2 aromatic rings. The molecular formula is C14H14BrN3O2S. The summed E-state index contributed by atoms with van der Waals surface area (Å²) >= 11 is 5.07. The average molecular weight is 368 g/mol. The summed E-state index contributed by atoms with van der Waals surface area (Å²) in [6.45, 7) is 1.38. The van der Waals surface area contributed by atoms with Gasteiger partial charge in [0.25, 0.3) is 0 Å². The van der Waals surface area contributed by atoms with Crippen molar-refractivity contribution < 1.29 is 9.47 Å². The largest absolute Gasteiger partial charge is 0.490 e. The van der Waals surface area contributed by atoms with E-state index in [0.29, 0.717) is 13.2 Å². The van der Waals surface area contributed by atoms with Crippen LogP contribution >= 0.6 is 27.7 Å². The van der Waals surface area contributed by atoms with Crippen LogP contribution in [0.3, 0.4) is 0 Å². The van der Waals surface area contributed by atoms with Gasteiger partial charge in [0.1, 0.15) is 17.2 Å². The molecule has 2 heterocycles. The molecule has 3 rings (SSSR count). The second kappa shape index (κ2) is 6.53. The number of hydrogen-bond acceptors (Lipinski definition) is 6. The molecule has 1 aliphatic rings. The van der Waals surface area contributed by atoms with Crippen molar-refractivity contribution in [3.8, 4) is 11.5 Å². The molecule has 0 saturated heterocycles. The van der Waals surface area contributed by atoms with Crippen LogP contribution in [0.25, 0.3) is 0 Å². The molecule has 21 heavy (non-hydrogen) atoms. The van der Waals surface area contributed by atoms with Gasteiger partial charge >= 0.3 is 0 Å². The van der Waals surface area contributed by atoms with Gasteiger partial charge in [0.15, 0.2) is 11.5 Å². The lowest BCUT2D eigenvalue weighted by atomic mass is 10.3. The minimum absolute atomic E-state index is 0.683. The summed E-state index contributed by atoms with van der Waals surface area (Å²) in [6, 6.07) is 5.93. The summed E-state index contributed by atoms with van der Waals surface area (Å²) in [4.78, 5) is 9.50. The molecular weight excluding hydrogens is 354 g/mol. The summed E-state index contributed by atoms with van der Waals surface area (Å²) in [5.74, 6) is 2.35. The highest BCUT2D eigenvalue weighted by Gasteiger charge is 2.13. The first-order chi connectivity index (χ1) is 10.3. The number of rotatable bonds is 3. The van der Waals surface area contributed by atoms with Gasteiger partial charge in [0.05, 0.1) is 17.7 Å². The Labute approximate surface area is 135 Å². The maximum Gasteiger partial charge on any atom is 0.162 e. The second-order valence-corrected chi connectivity index (χ2v) is 6.21. The van der Waals surface area contributed by atoms with Crippen LogP contribution in [-0.2, 0) is 0 Å². The number of aromatic nitrogens is 2. The molecule has 0 unspecified atom stereocenters. The molecule has 0 spiro atoms. The lowest BCUT2D eigenvalue weighted by Crippen LogP contribution is -1.97. The Hall–Kier alpha value is -1.47. The maximum absolute atomic E-state index is 5.71. The average Bonchev–Trinajstić information content (AvgIpc) is 2.74. The predicted octanol–water partition coefficient (Wildman–Crippen LogP) is 3.59. The molecule has 110 valence electrons. The van der Waals surface area contributed by atoms with Crippen molar-refractivity contribution >= 4 is 33.5 Å². The van der Waals surface area contributed by atoms with Gasteiger partial charge in [-0.3, -0.25) is 0 Å². The van der Waals surface area contributed by atoms with E-state index < -0.39 is 0 Å². The Balaban J connectivity index is 1.87. The maximum atomic E-state index is 5.71. The topological polar surface area (TPSA) is 56.3 Å². The number of benzene rings is 1. The highest BCUT2D eigenvalue weighted by Crippen LogP contribution is 2.39. The fourth-order valence-corrected chi connectivity index (χ4v) is 3.38. The minimum atomic E-state index is 0.683. The third kappa shape index (κ3) is 3.24. The van der Waals surface area contributed by atoms with Gasteiger partial charge in [0, 0.05) is 18.4 Å². The molecule has 1 aliphatic heterocycles. The van der Waals surface area contributed by atoms with E-state index in [1.807, 2.05) is 25.2 Å². The van der Waals surface area contributed by atoms with E-state index in [0.717, 1.165) is 38.1 Å². The second-order valence-electron chi connectivity index (χ2n) is 4.35. The van der Waals surface area contributed by atoms with E-state index in [1.54, 1.807) is 18.1 Å². The summed E-state index contributed by atoms with van der Waals surface area (Å²) in [7, 11) is 1.83. The van der Waals surface area contributed by atoms with Crippen molar-refractivity contribution in [2.24, 2.45) is 0 Å². The molecule has 5 nitrogen and oxygen atoms in total. The lowest BCUT2D eigenvalue weighted by Gasteiger charge is -2.10. The molecule has 0 fully saturated rings. The van der Waals surface area contributed by atoms with Crippen molar-refractivity contribution in [1.82, 2.24) is 9.97 Å². The molecule has 1 aromatic carbocycles. The Morgan fingerprint density at radius 1 is 1.19 bits per heavy atom. The van der Waals surface area contributed by atoms with Crippen molar-refractivity contribution in [2.45, 2.75) is 16.3 Å². The zero-order valence-corrected chi connectivity index (χ0v) is 13.8. The van der Waals surface area contributed by atoms with E-state index >= 15 is 0 Å². The number of hydrogen-bond donors (Lipinski definition) is 1. The lowest BCUT2D eigenvalue weighted by molar-refractivity contribution is 0.297. The number of nitrogens with zero attached hydrogens (tertiary/aromatic N) is 2. The van der Waals surface area contributed by atoms with Gasteiger partial charge in [-0.25, -0.2) is 9.97 Å². The Morgan fingerprint density at radius 2 is 2.00 bits per heavy atom. The number of halogens is 1. The number of fused-ring (bicyclic) bond motifs is 1. The van der Waals surface area contributed by atoms with Crippen LogP contribution in [-0.4, -0.2) is 30.2 Å². The molecule has 0 aliphatic carbocycles. The molecule has 1 aromatic heterocycles. The first kappa shape index (κ1) is 14.5. The highest BCUT2D eigenvalue weighted by molar-refractivity contribution is 9.10. The zero-order chi connectivity index (χ0) is 14.7. The normalized spacial score (nSPS) is 13.6. The number of nitrogens with one attached hydrogen (secondary N) is 1. The molecule has 0 radical (unpaired) electrons. The zero-order valence-electron chi connectivity index (χ0n) is 11.4. The quantitative estimate of drug-likeness (QED) is 0.836. The molecule has 7 heteroatoms. The van der Waals surface area contributed by atoms with Crippen LogP contribution in [0.1, 0.15) is 6.42 Å². The van der Waals surface area contributed by atoms with E-state index in [-0.39, 0.29) is 0 Å². The standard InChI is InChI=1S/C14H14BrN3O2S/c1-16-13-12(15)14(18-8-17-13)21-9-3-4-10-11(7-9)20-6-2-5-19-10/h3-4,7-8H,2,5-6H2,1H3,(H,16,17,18). The van der Waals surface area contributed by atoms with Gasteiger partial charge < -0.3 is 14.8 Å². The third-order valence-electron chi connectivity index (χ3n) is 2.93. The predicted molar refractivity (Wildman–Crippen MR) is 85.5 cm³/mol. The molecule has 0 amide bonds. The van der Waals surface area contributed by atoms with Crippen LogP contribution in [0, 0.1) is 0 Å². The van der Waals surface area contributed by atoms with Gasteiger partial charge in [-0.1, -0.05) is 11.8 Å². The fraction of sp³-hybridized carbons (Fsp3) is 0.286. The molecule has 0 bridgehead atoms. The summed E-state index contributed by atoms with van der Waals surface area (Å²) < 4.78 is 12.2. The van der Waals surface area contributed by atoms with Gasteiger partial charge in [-0.05, 0) is 34.1 Å². The van der Waals surface area contributed by atoms with Crippen molar-refractivity contribution in [2.75, 3.05) is 25.6 Å². The molecule has 0 saturated carbocycles. The summed E-state index contributed by atoms with van der Waals surface area (Å²) in [6.07, 6.45) is 2.45. The van der Waals surface area contributed by atoms with Crippen LogP contribution in [0.2, 0.25) is 0 Å². The van der Waals surface area contributed by atoms with Crippen LogP contribution in [0.15, 0.2) is 38.9 Å². The van der Waals surface area contributed by atoms with E-state index in [9.17, 15) is 0 Å². The Bertz CT molecular complexity index is 654. The van der Waals surface area contributed by atoms with Crippen LogP contribution in [0.5, 0.6) is 11.5 Å². The van der Waals surface area contributed by atoms with Gasteiger partial charge in [0.2, 0.25) is 0 Å².